The molecule has 0 bridgehead atoms. The van der Waals surface area contributed by atoms with Gasteiger partial charge in [-0.3, -0.25) is 4.40 Å². The summed E-state index contributed by atoms with van der Waals surface area (Å²) >= 11 is 1.52. The predicted octanol–water partition coefficient (Wildman–Crippen LogP) is 3.35. The van der Waals surface area contributed by atoms with Crippen LogP contribution in [0.5, 0.6) is 5.75 Å². The van der Waals surface area contributed by atoms with E-state index in [0.29, 0.717) is 36.9 Å². The van der Waals surface area contributed by atoms with Gasteiger partial charge in [-0.05, 0) is 25.0 Å². The predicted molar refractivity (Wildman–Crippen MR) is 116 cm³/mol. The van der Waals surface area contributed by atoms with E-state index in [2.05, 4.69) is 9.88 Å². The molecular weight excluding hydrogens is 408 g/mol. The molecule has 0 spiro atoms. The molecule has 3 heterocycles. The highest BCUT2D eigenvalue weighted by Gasteiger charge is 2.35. The molecule has 29 heavy (non-hydrogen) atoms. The molecule has 3 aromatic rings. The van der Waals surface area contributed by atoms with Gasteiger partial charge in [0.05, 0.1) is 12.8 Å². The van der Waals surface area contributed by atoms with Gasteiger partial charge in [0.15, 0.2) is 9.99 Å². The average Bonchev–Trinajstić information content (AvgIpc) is 3.24. The lowest BCUT2D eigenvalue weighted by atomic mass is 10.2. The van der Waals surface area contributed by atoms with Crippen molar-refractivity contribution in [3.05, 3.63) is 41.0 Å². The number of piperazine rings is 1. The minimum absolute atomic E-state index is 0.0326. The number of sulfonamides is 1. The van der Waals surface area contributed by atoms with Crippen molar-refractivity contribution < 1.29 is 13.2 Å². The lowest BCUT2D eigenvalue weighted by Crippen LogP contribution is -2.49. The van der Waals surface area contributed by atoms with Crippen molar-refractivity contribution >= 4 is 32.0 Å². The molecule has 0 saturated carbocycles. The van der Waals surface area contributed by atoms with Crippen molar-refractivity contribution in [1.82, 2.24) is 13.7 Å². The number of rotatable bonds is 5. The Hall–Kier alpha value is -2.10. The molecule has 1 aliphatic heterocycles. The molecule has 9 heteroatoms. The maximum atomic E-state index is 13.6. The number of imidazole rings is 1. The van der Waals surface area contributed by atoms with E-state index in [9.17, 15) is 8.42 Å². The van der Waals surface area contributed by atoms with Crippen LogP contribution in [0.3, 0.4) is 0 Å². The number of ether oxygens (including phenoxy) is 1. The van der Waals surface area contributed by atoms with Gasteiger partial charge in [-0.25, -0.2) is 13.4 Å². The molecule has 0 N–H and O–H groups in total. The first-order valence-electron chi connectivity index (χ1n) is 9.69. The summed E-state index contributed by atoms with van der Waals surface area (Å²) in [6.07, 6.45) is 1.87. The molecule has 4 rings (SSSR count). The number of aryl methyl sites for hydroxylation is 1. The summed E-state index contributed by atoms with van der Waals surface area (Å²) < 4.78 is 35.8. The van der Waals surface area contributed by atoms with Crippen LogP contribution in [0, 0.1) is 6.92 Å². The number of nitrogens with zero attached hydrogens (tertiary/aromatic N) is 4. The van der Waals surface area contributed by atoms with Gasteiger partial charge in [0.2, 0.25) is 0 Å². The third kappa shape index (κ3) is 3.62. The van der Waals surface area contributed by atoms with Crippen molar-refractivity contribution in [3.8, 4) is 5.75 Å². The monoisotopic (exact) mass is 434 g/mol. The number of aromatic nitrogens is 2. The molecule has 0 amide bonds. The normalized spacial score (nSPS) is 16.1. The van der Waals surface area contributed by atoms with Gasteiger partial charge < -0.3 is 9.64 Å². The van der Waals surface area contributed by atoms with Crippen LogP contribution in [0.25, 0.3) is 4.96 Å². The van der Waals surface area contributed by atoms with Crippen molar-refractivity contribution in [2.75, 3.05) is 38.2 Å². The molecule has 1 saturated heterocycles. The van der Waals surface area contributed by atoms with E-state index in [4.69, 9.17) is 4.74 Å². The zero-order chi connectivity index (χ0) is 20.8. The summed E-state index contributed by atoms with van der Waals surface area (Å²) in [5.41, 5.74) is 1.69. The Bertz CT molecular complexity index is 1130. The van der Waals surface area contributed by atoms with E-state index >= 15 is 0 Å². The Kier molecular flexibility index (Phi) is 5.30. The number of hydrogen-bond acceptors (Lipinski definition) is 6. The van der Waals surface area contributed by atoms with Crippen LogP contribution in [0.1, 0.15) is 30.3 Å². The first kappa shape index (κ1) is 20.2. The first-order valence-corrected chi connectivity index (χ1v) is 11.9. The highest BCUT2D eigenvalue weighted by atomic mass is 32.2. The molecule has 7 nitrogen and oxygen atoms in total. The summed E-state index contributed by atoms with van der Waals surface area (Å²) in [6, 6.07) is 7.87. The van der Waals surface area contributed by atoms with E-state index in [-0.39, 0.29) is 5.92 Å². The van der Waals surface area contributed by atoms with Gasteiger partial charge in [0.1, 0.15) is 5.75 Å². The second kappa shape index (κ2) is 7.62. The first-order chi connectivity index (χ1) is 13.8. The van der Waals surface area contributed by atoms with Gasteiger partial charge in [-0.15, -0.1) is 11.3 Å². The van der Waals surface area contributed by atoms with Crippen LogP contribution in [0.15, 0.2) is 35.5 Å². The molecule has 1 aliphatic rings. The lowest BCUT2D eigenvalue weighted by Gasteiger charge is -2.35. The fourth-order valence-electron chi connectivity index (χ4n) is 3.70. The Morgan fingerprint density at radius 3 is 2.55 bits per heavy atom. The second-order valence-corrected chi connectivity index (χ2v) is 10.6. The van der Waals surface area contributed by atoms with Crippen LogP contribution in [-0.2, 0) is 10.0 Å². The molecule has 0 aliphatic carbocycles. The highest BCUT2D eigenvalue weighted by Crippen LogP contribution is 2.31. The van der Waals surface area contributed by atoms with E-state index in [0.717, 1.165) is 21.3 Å². The minimum atomic E-state index is -3.64. The van der Waals surface area contributed by atoms with E-state index in [1.807, 2.05) is 51.2 Å². The molecule has 156 valence electrons. The van der Waals surface area contributed by atoms with Crippen LogP contribution < -0.4 is 9.64 Å². The topological polar surface area (TPSA) is 67.2 Å². The van der Waals surface area contributed by atoms with Gasteiger partial charge in [-0.1, -0.05) is 19.9 Å². The van der Waals surface area contributed by atoms with Crippen molar-refractivity contribution in [2.45, 2.75) is 31.7 Å². The Morgan fingerprint density at radius 1 is 1.17 bits per heavy atom. The van der Waals surface area contributed by atoms with Crippen molar-refractivity contribution in [1.29, 1.82) is 0 Å². The van der Waals surface area contributed by atoms with Crippen molar-refractivity contribution in [3.63, 3.8) is 0 Å². The van der Waals surface area contributed by atoms with Gasteiger partial charge in [-0.2, -0.15) is 4.31 Å². The highest BCUT2D eigenvalue weighted by molar-refractivity contribution is 7.89. The van der Waals surface area contributed by atoms with Crippen molar-refractivity contribution in [2.24, 2.45) is 0 Å². The van der Waals surface area contributed by atoms with E-state index < -0.39 is 10.0 Å². The molecule has 1 aromatic carbocycles. The summed E-state index contributed by atoms with van der Waals surface area (Å²) in [5, 5.41) is 0.321. The maximum Gasteiger partial charge on any atom is 0.261 e. The Labute approximate surface area is 175 Å². The van der Waals surface area contributed by atoms with Crippen LogP contribution >= 0.6 is 11.3 Å². The third-order valence-corrected chi connectivity index (χ3v) is 8.05. The summed E-state index contributed by atoms with van der Waals surface area (Å²) in [4.78, 5) is 8.60. The Balaban J connectivity index is 1.61. The van der Waals surface area contributed by atoms with Gasteiger partial charge >= 0.3 is 0 Å². The lowest BCUT2D eigenvalue weighted by molar-refractivity contribution is 0.381. The fraction of sp³-hybridized carbons (Fsp3) is 0.450. The molecule has 0 unspecified atom stereocenters. The smallest absolute Gasteiger partial charge is 0.261 e. The summed E-state index contributed by atoms with van der Waals surface area (Å²) in [5.74, 6) is 0.832. The van der Waals surface area contributed by atoms with Gasteiger partial charge in [0.25, 0.3) is 10.0 Å². The number of hydrogen-bond donors (Lipinski definition) is 0. The Morgan fingerprint density at radius 2 is 1.90 bits per heavy atom. The number of benzene rings is 1. The third-order valence-electron chi connectivity index (χ3n) is 5.21. The maximum absolute atomic E-state index is 13.6. The zero-order valence-electron chi connectivity index (χ0n) is 17.1. The molecular formula is C20H26N4O3S2. The standard InChI is InChI=1S/C20H26N4O3S2/c1-14(2)18-19(24-13-15(3)28-20(24)21-18)29(25,26)23-10-8-22(9-11-23)16-6-5-7-17(12-16)27-4/h5-7,12-14H,8-11H2,1-4H3. The summed E-state index contributed by atoms with van der Waals surface area (Å²) in [6.45, 7) is 8.08. The summed E-state index contributed by atoms with van der Waals surface area (Å²) in [7, 11) is -1.99. The quantitative estimate of drug-likeness (QED) is 0.616. The van der Waals surface area contributed by atoms with Gasteiger partial charge in [0, 0.05) is 49.0 Å². The number of fused-ring (bicyclic) bond motifs is 1. The number of anilines is 1. The largest absolute Gasteiger partial charge is 0.497 e. The number of thiazole rings is 1. The minimum Gasteiger partial charge on any atom is -0.497 e. The van der Waals surface area contributed by atoms with Crippen LogP contribution in [0.2, 0.25) is 0 Å². The van der Waals surface area contributed by atoms with Crippen LogP contribution in [-0.4, -0.2) is 55.4 Å². The molecule has 2 aromatic heterocycles. The molecule has 1 fully saturated rings. The SMILES string of the molecule is COc1cccc(N2CCN(S(=O)(=O)c3c(C(C)C)nc4sc(C)cn34)CC2)c1. The molecule has 0 atom stereocenters. The second-order valence-electron chi connectivity index (χ2n) is 7.54. The van der Waals surface area contributed by atoms with Crippen LogP contribution in [0.4, 0.5) is 5.69 Å². The number of methoxy groups -OCH3 is 1. The zero-order valence-corrected chi connectivity index (χ0v) is 18.8. The molecule has 0 radical (unpaired) electrons. The average molecular weight is 435 g/mol. The van der Waals surface area contributed by atoms with E-state index in [1.165, 1.54) is 11.3 Å². The van der Waals surface area contributed by atoms with E-state index in [1.54, 1.807) is 15.8 Å². The fourth-order valence-corrected chi connectivity index (χ4v) is 6.41.